The van der Waals surface area contributed by atoms with Crippen LogP contribution in [-0.2, 0) is 16.2 Å². The summed E-state index contributed by atoms with van der Waals surface area (Å²) in [5, 5.41) is -0.181. The summed E-state index contributed by atoms with van der Waals surface area (Å²) in [7, 11) is 0. The van der Waals surface area contributed by atoms with Crippen molar-refractivity contribution in [3.8, 4) is 0 Å². The van der Waals surface area contributed by atoms with Gasteiger partial charge in [0.2, 0.25) is 0 Å². The number of nitrogens with one attached hydrogen (secondary N) is 1. The monoisotopic (exact) mass is 119 g/mol. The van der Waals surface area contributed by atoms with Gasteiger partial charge in [0.15, 0.2) is 0 Å². The quantitative estimate of drug-likeness (QED) is 0.423. The van der Waals surface area contributed by atoms with Crippen molar-refractivity contribution >= 4 is 16.5 Å². The van der Waals surface area contributed by atoms with Crippen molar-refractivity contribution in [2.45, 2.75) is 6.42 Å². The zero-order valence-electron chi connectivity index (χ0n) is 3.64. The molecule has 1 rings (SSSR count). The standard InChI is InChI=1S/C3H5NO2S/c5-3-1-2-4-7(3)6/h4H,1-2H2. The Hall–Kier alpha value is -0.0600. The van der Waals surface area contributed by atoms with E-state index in [0.29, 0.717) is 13.0 Å². The van der Waals surface area contributed by atoms with Crippen LogP contribution in [0, 0.1) is 0 Å². The molecule has 40 valence electrons. The zero-order chi connectivity index (χ0) is 5.28. The first kappa shape index (κ1) is 5.08. The number of hydrogen-bond donors (Lipinski definition) is 1. The third-order valence-corrected chi connectivity index (χ3v) is 1.85. The van der Waals surface area contributed by atoms with Gasteiger partial charge >= 0.3 is 5.12 Å². The van der Waals surface area contributed by atoms with Crippen LogP contribution < -0.4 is 4.72 Å². The normalized spacial score (nSPS) is 31.6. The maximum atomic E-state index is 10.2. The lowest BCUT2D eigenvalue weighted by atomic mass is 10.5. The number of carbonyl (C=O) groups excluding carboxylic acids is 1. The summed E-state index contributed by atoms with van der Waals surface area (Å²) in [5.74, 6) is 0. The molecule has 1 heterocycles. The van der Waals surface area contributed by atoms with Gasteiger partial charge in [-0.25, -0.2) is 4.79 Å². The first-order valence-electron chi connectivity index (χ1n) is 1.99. The summed E-state index contributed by atoms with van der Waals surface area (Å²) in [6.07, 6.45) is 0.423. The van der Waals surface area contributed by atoms with E-state index in [-0.39, 0.29) is 5.12 Å². The fourth-order valence-electron chi connectivity index (χ4n) is 0.419. The van der Waals surface area contributed by atoms with Crippen LogP contribution in [0.5, 0.6) is 0 Å². The molecule has 1 saturated heterocycles. The Morgan fingerprint density at radius 1 is 1.86 bits per heavy atom. The van der Waals surface area contributed by atoms with Crippen molar-refractivity contribution in [3.05, 3.63) is 0 Å². The Bertz CT molecular complexity index is 94.9. The van der Waals surface area contributed by atoms with Crippen LogP contribution in [-0.4, -0.2) is 16.2 Å². The van der Waals surface area contributed by atoms with Gasteiger partial charge in [-0.1, -0.05) is 0 Å². The molecule has 0 amide bonds. The third kappa shape index (κ3) is 0.933. The van der Waals surface area contributed by atoms with E-state index in [1.807, 2.05) is 0 Å². The highest BCUT2D eigenvalue weighted by atomic mass is 32.2. The molecule has 0 saturated carbocycles. The number of rotatable bonds is 0. The highest BCUT2D eigenvalue weighted by Crippen LogP contribution is 1.99. The van der Waals surface area contributed by atoms with Crippen LogP contribution in [0.25, 0.3) is 0 Å². The van der Waals surface area contributed by atoms with Gasteiger partial charge in [0, 0.05) is 0 Å². The Balaban J connectivity index is 2.48. The van der Waals surface area contributed by atoms with E-state index >= 15 is 0 Å². The van der Waals surface area contributed by atoms with Crippen molar-refractivity contribution in [1.82, 2.24) is 4.72 Å². The Morgan fingerprint density at radius 3 is 2.71 bits per heavy atom. The van der Waals surface area contributed by atoms with Crippen LogP contribution in [0.1, 0.15) is 6.42 Å². The first-order chi connectivity index (χ1) is 3.30. The Kier molecular flexibility index (Phi) is 1.32. The molecule has 1 aliphatic rings. The molecule has 0 bridgehead atoms. The van der Waals surface area contributed by atoms with Gasteiger partial charge in [0.25, 0.3) is 0 Å². The van der Waals surface area contributed by atoms with E-state index in [1.165, 1.54) is 0 Å². The molecule has 0 spiro atoms. The van der Waals surface area contributed by atoms with Crippen LogP contribution >= 0.6 is 0 Å². The van der Waals surface area contributed by atoms with Crippen molar-refractivity contribution in [2.75, 3.05) is 6.54 Å². The van der Waals surface area contributed by atoms with E-state index in [4.69, 9.17) is 0 Å². The molecule has 1 atom stereocenters. The summed E-state index contributed by atoms with van der Waals surface area (Å²) in [5.41, 5.74) is 0. The van der Waals surface area contributed by atoms with Gasteiger partial charge < -0.3 is 4.55 Å². The lowest BCUT2D eigenvalue weighted by Crippen LogP contribution is -2.18. The molecule has 1 aliphatic heterocycles. The number of carbonyl (C=O) groups is 1. The minimum atomic E-state index is -1.36. The predicted octanol–water partition coefficient (Wildman–Crippen LogP) is -0.830. The maximum Gasteiger partial charge on any atom is 0.351 e. The summed E-state index contributed by atoms with van der Waals surface area (Å²) < 4.78 is 12.7. The van der Waals surface area contributed by atoms with Crippen molar-refractivity contribution in [2.24, 2.45) is 0 Å². The SMILES string of the molecule is O=C1CCN[S+]1[O-]. The zero-order valence-corrected chi connectivity index (χ0v) is 4.46. The van der Waals surface area contributed by atoms with Crippen molar-refractivity contribution < 1.29 is 9.35 Å². The molecule has 0 aromatic rings. The van der Waals surface area contributed by atoms with Crippen molar-refractivity contribution in [1.29, 1.82) is 0 Å². The number of hydrogen-bond acceptors (Lipinski definition) is 3. The Morgan fingerprint density at radius 2 is 2.57 bits per heavy atom. The lowest BCUT2D eigenvalue weighted by molar-refractivity contribution is -0.111. The molecular weight excluding hydrogens is 114 g/mol. The second-order valence-corrected chi connectivity index (χ2v) is 2.57. The molecule has 1 fully saturated rings. The smallest absolute Gasteiger partial charge is 0.351 e. The van der Waals surface area contributed by atoms with E-state index in [9.17, 15) is 9.35 Å². The first-order valence-corrected chi connectivity index (χ1v) is 3.14. The second kappa shape index (κ2) is 1.81. The largest absolute Gasteiger partial charge is 0.591 e. The lowest BCUT2D eigenvalue weighted by Gasteiger charge is -1.93. The van der Waals surface area contributed by atoms with E-state index in [0.717, 1.165) is 0 Å². The average Bonchev–Trinajstić information content (AvgIpc) is 1.91. The average molecular weight is 119 g/mol. The topological polar surface area (TPSA) is 52.2 Å². The van der Waals surface area contributed by atoms with Crippen LogP contribution in [0.2, 0.25) is 0 Å². The minimum Gasteiger partial charge on any atom is -0.591 e. The highest BCUT2D eigenvalue weighted by molar-refractivity contribution is 8.04. The van der Waals surface area contributed by atoms with Crippen LogP contribution in [0.4, 0.5) is 0 Å². The fraction of sp³-hybridized carbons (Fsp3) is 0.667. The van der Waals surface area contributed by atoms with E-state index in [2.05, 4.69) is 4.72 Å². The molecule has 0 aromatic carbocycles. The molecule has 4 heteroatoms. The summed E-state index contributed by atoms with van der Waals surface area (Å²) in [6, 6.07) is 0. The van der Waals surface area contributed by atoms with Gasteiger partial charge in [-0.3, -0.25) is 0 Å². The maximum absolute atomic E-state index is 10.2. The molecule has 1 N–H and O–H groups in total. The molecular formula is C3H5NO2S. The van der Waals surface area contributed by atoms with Gasteiger partial charge in [0.05, 0.1) is 13.0 Å². The minimum absolute atomic E-state index is 0.181. The van der Waals surface area contributed by atoms with Crippen LogP contribution in [0.3, 0.4) is 0 Å². The second-order valence-electron chi connectivity index (χ2n) is 1.29. The highest BCUT2D eigenvalue weighted by Gasteiger charge is 2.25. The van der Waals surface area contributed by atoms with E-state index < -0.39 is 11.4 Å². The molecule has 1 unspecified atom stereocenters. The Labute approximate surface area is 44.4 Å². The molecule has 7 heavy (non-hydrogen) atoms. The van der Waals surface area contributed by atoms with Gasteiger partial charge in [0.1, 0.15) is 11.4 Å². The van der Waals surface area contributed by atoms with Crippen LogP contribution in [0.15, 0.2) is 0 Å². The summed E-state index contributed by atoms with van der Waals surface area (Å²) >= 11 is -1.36. The third-order valence-electron chi connectivity index (χ3n) is 0.769. The van der Waals surface area contributed by atoms with Gasteiger partial charge in [-0.2, -0.15) is 0 Å². The molecule has 0 aliphatic carbocycles. The van der Waals surface area contributed by atoms with E-state index in [1.54, 1.807) is 0 Å². The van der Waals surface area contributed by atoms with Gasteiger partial charge in [-0.05, 0) is 0 Å². The van der Waals surface area contributed by atoms with Gasteiger partial charge in [-0.15, -0.1) is 4.72 Å². The van der Waals surface area contributed by atoms with Crippen molar-refractivity contribution in [3.63, 3.8) is 0 Å². The molecule has 0 radical (unpaired) electrons. The predicted molar refractivity (Wildman–Crippen MR) is 25.8 cm³/mol. The molecule has 0 aromatic heterocycles. The fourth-order valence-corrected chi connectivity index (χ4v) is 1.15. The summed E-state index contributed by atoms with van der Waals surface area (Å²) in [4.78, 5) is 10.2. The summed E-state index contributed by atoms with van der Waals surface area (Å²) in [6.45, 7) is 0.575. The molecule has 3 nitrogen and oxygen atoms in total.